The van der Waals surface area contributed by atoms with Crippen LogP contribution in [-0.2, 0) is 7.05 Å². The number of aryl methyl sites for hydroxylation is 1. The molecule has 6 nitrogen and oxygen atoms in total. The van der Waals surface area contributed by atoms with Gasteiger partial charge in [0.15, 0.2) is 0 Å². The zero-order valence-electron chi connectivity index (χ0n) is 14.6. The summed E-state index contributed by atoms with van der Waals surface area (Å²) in [5.74, 6) is 1.18. The van der Waals surface area contributed by atoms with Crippen LogP contribution in [0.1, 0.15) is 21.8 Å². The molecule has 1 amide bonds. The molecule has 24 heavy (non-hydrogen) atoms. The van der Waals surface area contributed by atoms with Crippen LogP contribution in [0.15, 0.2) is 36.7 Å². The molecule has 2 heterocycles. The lowest BCUT2D eigenvalue weighted by atomic mass is 9.93. The minimum atomic E-state index is 0.0472. The van der Waals surface area contributed by atoms with Gasteiger partial charge in [0, 0.05) is 38.3 Å². The Bertz CT molecular complexity index is 708. The third kappa shape index (κ3) is 3.14. The lowest BCUT2D eigenvalue weighted by molar-refractivity contribution is 0.0782. The Kier molecular flexibility index (Phi) is 4.57. The van der Waals surface area contributed by atoms with Crippen LogP contribution in [-0.4, -0.2) is 65.8 Å². The second kappa shape index (κ2) is 6.65. The average molecular weight is 328 g/mol. The van der Waals surface area contributed by atoms with Gasteiger partial charge >= 0.3 is 0 Å². The molecular weight excluding hydrogens is 304 g/mol. The van der Waals surface area contributed by atoms with Gasteiger partial charge in [0.25, 0.3) is 5.91 Å². The van der Waals surface area contributed by atoms with Gasteiger partial charge in [0.05, 0.1) is 18.9 Å². The number of likely N-dealkylation sites (N-methyl/N-ethyl adjacent to an activating group) is 1. The molecule has 0 N–H and O–H groups in total. The number of carbonyl (C=O) groups excluding carboxylic acids is 1. The number of likely N-dealkylation sites (tertiary alicyclic amines) is 1. The van der Waals surface area contributed by atoms with Gasteiger partial charge in [0.2, 0.25) is 0 Å². The van der Waals surface area contributed by atoms with Crippen LogP contribution in [0.3, 0.4) is 0 Å². The first-order valence-electron chi connectivity index (χ1n) is 8.08. The zero-order chi connectivity index (χ0) is 17.3. The third-order valence-corrected chi connectivity index (χ3v) is 4.74. The molecule has 3 rings (SSSR count). The summed E-state index contributed by atoms with van der Waals surface area (Å²) in [6.07, 6.45) is 3.40. The molecule has 0 spiro atoms. The standard InChI is InChI=1S/C18H24N4O2/c1-20(2)17-12-22(18(23)14-9-19-21(3)10-14)11-16(17)13-5-7-15(24-4)8-6-13/h5-10,16-17H,11-12H2,1-4H3/t16-,17+/m0/s1. The predicted octanol–water partition coefficient (Wildman–Crippen LogP) is 1.60. The molecule has 6 heteroatoms. The average Bonchev–Trinajstić information content (AvgIpc) is 3.21. The normalized spacial score (nSPS) is 20.6. The Balaban J connectivity index is 1.82. The van der Waals surface area contributed by atoms with Gasteiger partial charge in [-0.1, -0.05) is 12.1 Å². The molecule has 1 fully saturated rings. The number of amides is 1. The molecule has 0 radical (unpaired) electrons. The molecule has 1 aromatic carbocycles. The van der Waals surface area contributed by atoms with E-state index in [0.717, 1.165) is 12.3 Å². The molecular formula is C18H24N4O2. The molecule has 0 aliphatic carbocycles. The van der Waals surface area contributed by atoms with Gasteiger partial charge in [-0.15, -0.1) is 0 Å². The second-order valence-corrected chi connectivity index (χ2v) is 6.52. The zero-order valence-corrected chi connectivity index (χ0v) is 14.6. The van der Waals surface area contributed by atoms with Crippen LogP contribution in [0.4, 0.5) is 0 Å². The Morgan fingerprint density at radius 2 is 1.96 bits per heavy atom. The topological polar surface area (TPSA) is 50.6 Å². The first kappa shape index (κ1) is 16.5. The summed E-state index contributed by atoms with van der Waals surface area (Å²) < 4.78 is 6.90. The van der Waals surface area contributed by atoms with E-state index >= 15 is 0 Å². The Morgan fingerprint density at radius 1 is 1.25 bits per heavy atom. The molecule has 2 atom stereocenters. The molecule has 1 aliphatic rings. The van der Waals surface area contributed by atoms with E-state index in [0.29, 0.717) is 18.2 Å². The van der Waals surface area contributed by atoms with Gasteiger partial charge in [-0.3, -0.25) is 9.48 Å². The molecule has 2 aromatic rings. The van der Waals surface area contributed by atoms with Crippen molar-refractivity contribution < 1.29 is 9.53 Å². The molecule has 1 aliphatic heterocycles. The second-order valence-electron chi connectivity index (χ2n) is 6.52. The van der Waals surface area contributed by atoms with Crippen LogP contribution in [0, 0.1) is 0 Å². The number of ether oxygens (including phenoxy) is 1. The summed E-state index contributed by atoms with van der Waals surface area (Å²) in [7, 11) is 7.63. The maximum absolute atomic E-state index is 12.7. The highest BCUT2D eigenvalue weighted by Crippen LogP contribution is 2.32. The molecule has 0 unspecified atom stereocenters. The van der Waals surface area contributed by atoms with E-state index in [1.54, 1.807) is 24.2 Å². The Labute approximate surface area is 142 Å². The molecule has 0 saturated carbocycles. The number of hydrogen-bond donors (Lipinski definition) is 0. The Morgan fingerprint density at radius 3 is 2.50 bits per heavy atom. The fraction of sp³-hybridized carbons (Fsp3) is 0.444. The van der Waals surface area contributed by atoms with Crippen molar-refractivity contribution in [3.8, 4) is 5.75 Å². The van der Waals surface area contributed by atoms with Crippen LogP contribution >= 0.6 is 0 Å². The molecule has 1 aromatic heterocycles. The SMILES string of the molecule is COc1ccc([C@@H]2CN(C(=O)c3cnn(C)c3)C[C@H]2N(C)C)cc1. The summed E-state index contributed by atoms with van der Waals surface area (Å²) in [6, 6.07) is 8.44. The first-order valence-corrected chi connectivity index (χ1v) is 8.08. The third-order valence-electron chi connectivity index (χ3n) is 4.74. The highest BCUT2D eigenvalue weighted by Gasteiger charge is 2.37. The van der Waals surface area contributed by atoms with Gasteiger partial charge in [-0.2, -0.15) is 5.10 Å². The van der Waals surface area contributed by atoms with E-state index in [1.807, 2.05) is 24.1 Å². The fourth-order valence-corrected chi connectivity index (χ4v) is 3.37. The number of nitrogens with zero attached hydrogens (tertiary/aromatic N) is 4. The minimum absolute atomic E-state index is 0.0472. The van der Waals surface area contributed by atoms with Gasteiger partial charge in [-0.05, 0) is 31.8 Å². The van der Waals surface area contributed by atoms with Crippen molar-refractivity contribution in [1.82, 2.24) is 19.6 Å². The van der Waals surface area contributed by atoms with Crippen LogP contribution in [0.25, 0.3) is 0 Å². The highest BCUT2D eigenvalue weighted by molar-refractivity contribution is 5.94. The van der Waals surface area contributed by atoms with Crippen molar-refractivity contribution >= 4 is 5.91 Å². The quantitative estimate of drug-likeness (QED) is 0.855. The summed E-state index contributed by atoms with van der Waals surface area (Å²) in [5.41, 5.74) is 1.88. The predicted molar refractivity (Wildman–Crippen MR) is 92.3 cm³/mol. The van der Waals surface area contributed by atoms with Crippen molar-refractivity contribution in [2.45, 2.75) is 12.0 Å². The van der Waals surface area contributed by atoms with Gasteiger partial charge in [0.1, 0.15) is 5.75 Å². The van der Waals surface area contributed by atoms with Crippen molar-refractivity contribution in [1.29, 1.82) is 0 Å². The summed E-state index contributed by atoms with van der Waals surface area (Å²) in [5, 5.41) is 4.10. The first-order chi connectivity index (χ1) is 11.5. The number of aromatic nitrogens is 2. The summed E-state index contributed by atoms with van der Waals surface area (Å²) in [4.78, 5) is 16.9. The van der Waals surface area contributed by atoms with Crippen LogP contribution in [0.2, 0.25) is 0 Å². The fourth-order valence-electron chi connectivity index (χ4n) is 3.37. The van der Waals surface area contributed by atoms with E-state index in [-0.39, 0.29) is 11.8 Å². The maximum atomic E-state index is 12.7. The number of methoxy groups -OCH3 is 1. The number of hydrogen-bond acceptors (Lipinski definition) is 4. The lowest BCUT2D eigenvalue weighted by Gasteiger charge is -2.25. The molecule has 0 bridgehead atoms. The highest BCUT2D eigenvalue weighted by atomic mass is 16.5. The van der Waals surface area contributed by atoms with Crippen molar-refractivity contribution in [3.63, 3.8) is 0 Å². The van der Waals surface area contributed by atoms with Gasteiger partial charge < -0.3 is 14.5 Å². The van der Waals surface area contributed by atoms with Crippen molar-refractivity contribution in [3.05, 3.63) is 47.8 Å². The monoisotopic (exact) mass is 328 g/mol. The summed E-state index contributed by atoms with van der Waals surface area (Å²) >= 11 is 0. The van der Waals surface area contributed by atoms with Crippen LogP contribution in [0.5, 0.6) is 5.75 Å². The Hall–Kier alpha value is -2.34. The lowest BCUT2D eigenvalue weighted by Crippen LogP contribution is -2.35. The maximum Gasteiger partial charge on any atom is 0.257 e. The smallest absolute Gasteiger partial charge is 0.257 e. The number of rotatable bonds is 4. The van der Waals surface area contributed by atoms with E-state index in [4.69, 9.17) is 4.74 Å². The molecule has 128 valence electrons. The number of carbonyl (C=O) groups is 1. The molecule has 1 saturated heterocycles. The van der Waals surface area contributed by atoms with Crippen molar-refractivity contribution in [2.24, 2.45) is 7.05 Å². The number of benzene rings is 1. The van der Waals surface area contributed by atoms with Gasteiger partial charge in [-0.25, -0.2) is 0 Å². The van der Waals surface area contributed by atoms with E-state index in [2.05, 4.69) is 36.2 Å². The van der Waals surface area contributed by atoms with Crippen LogP contribution < -0.4 is 4.74 Å². The van der Waals surface area contributed by atoms with Crippen molar-refractivity contribution in [2.75, 3.05) is 34.3 Å². The van der Waals surface area contributed by atoms with E-state index < -0.39 is 0 Å². The van der Waals surface area contributed by atoms with E-state index in [1.165, 1.54) is 5.56 Å². The summed E-state index contributed by atoms with van der Waals surface area (Å²) in [6.45, 7) is 1.43. The largest absolute Gasteiger partial charge is 0.497 e. The van der Waals surface area contributed by atoms with E-state index in [9.17, 15) is 4.79 Å². The minimum Gasteiger partial charge on any atom is -0.497 e.